The summed E-state index contributed by atoms with van der Waals surface area (Å²) in [5, 5.41) is 11.5. The molecule has 7 heteroatoms. The predicted octanol–water partition coefficient (Wildman–Crippen LogP) is 3.69. The summed E-state index contributed by atoms with van der Waals surface area (Å²) < 4.78 is 41.6. The Balaban J connectivity index is 2.17. The molecule has 0 saturated carbocycles. The number of hydrogen-bond acceptors (Lipinski definition) is 3. The largest absolute Gasteiger partial charge is 0.409 e. The van der Waals surface area contributed by atoms with Crippen LogP contribution in [-0.4, -0.2) is 23.6 Å². The second-order valence-corrected chi connectivity index (χ2v) is 6.80. The van der Waals surface area contributed by atoms with Crippen LogP contribution in [0.2, 0.25) is 0 Å². The van der Waals surface area contributed by atoms with E-state index in [1.807, 2.05) is 6.07 Å². The molecule has 2 aromatic rings. The number of hydrazine groups is 1. The van der Waals surface area contributed by atoms with Crippen molar-refractivity contribution >= 4 is 16.7 Å². The Morgan fingerprint density at radius 1 is 1.24 bits per heavy atom. The van der Waals surface area contributed by atoms with Gasteiger partial charge in [-0.05, 0) is 42.3 Å². The SMILES string of the molecule is CC1(C)CN([C@@H](c2cc3ccccc3cc2C#N)C(F)(F)F)NC1=O. The highest BCUT2D eigenvalue weighted by molar-refractivity contribution is 5.85. The number of benzene rings is 2. The average Bonchev–Trinajstić information content (AvgIpc) is 2.78. The Morgan fingerprint density at radius 3 is 2.32 bits per heavy atom. The molecule has 1 amide bonds. The molecule has 25 heavy (non-hydrogen) atoms. The van der Waals surface area contributed by atoms with Crippen molar-refractivity contribution in [2.24, 2.45) is 5.41 Å². The lowest BCUT2D eigenvalue weighted by atomic mass is 9.92. The van der Waals surface area contributed by atoms with Crippen molar-refractivity contribution in [1.29, 1.82) is 5.26 Å². The Hall–Kier alpha value is -2.59. The van der Waals surface area contributed by atoms with E-state index in [0.717, 1.165) is 5.01 Å². The number of nitrogens with one attached hydrogen (secondary N) is 1. The fourth-order valence-electron chi connectivity index (χ4n) is 3.08. The molecule has 2 aromatic carbocycles. The van der Waals surface area contributed by atoms with Gasteiger partial charge in [0, 0.05) is 6.54 Å². The van der Waals surface area contributed by atoms with Gasteiger partial charge >= 0.3 is 6.18 Å². The molecular weight excluding hydrogens is 331 g/mol. The molecule has 1 fully saturated rings. The van der Waals surface area contributed by atoms with Gasteiger partial charge in [0.25, 0.3) is 0 Å². The molecule has 0 bridgehead atoms. The van der Waals surface area contributed by atoms with E-state index >= 15 is 0 Å². The van der Waals surface area contributed by atoms with Crippen molar-refractivity contribution in [3.8, 4) is 6.07 Å². The molecule has 0 spiro atoms. The maximum absolute atomic E-state index is 13.9. The highest BCUT2D eigenvalue weighted by Crippen LogP contribution is 2.42. The maximum Gasteiger partial charge on any atom is 0.409 e. The number of amides is 1. The Morgan fingerprint density at radius 2 is 1.84 bits per heavy atom. The number of nitriles is 1. The number of rotatable bonds is 2. The number of alkyl halides is 3. The lowest BCUT2D eigenvalue weighted by molar-refractivity contribution is -0.191. The minimum atomic E-state index is -4.65. The molecule has 1 N–H and O–H groups in total. The van der Waals surface area contributed by atoms with Gasteiger partial charge in [-0.1, -0.05) is 24.3 Å². The van der Waals surface area contributed by atoms with Gasteiger partial charge in [0.15, 0.2) is 6.04 Å². The van der Waals surface area contributed by atoms with Crippen LogP contribution < -0.4 is 5.43 Å². The fraction of sp³-hybridized carbons (Fsp3) is 0.333. The molecule has 0 aromatic heterocycles. The molecule has 130 valence electrons. The molecule has 1 atom stereocenters. The monoisotopic (exact) mass is 347 g/mol. The van der Waals surface area contributed by atoms with Crippen LogP contribution in [0.4, 0.5) is 13.2 Å². The number of nitrogens with zero attached hydrogens (tertiary/aromatic N) is 2. The van der Waals surface area contributed by atoms with E-state index in [1.54, 1.807) is 38.1 Å². The molecule has 1 aliphatic rings. The summed E-state index contributed by atoms with van der Waals surface area (Å²) >= 11 is 0. The number of carbonyl (C=O) groups excluding carboxylic acids is 1. The van der Waals surface area contributed by atoms with Crippen LogP contribution in [0.3, 0.4) is 0 Å². The van der Waals surface area contributed by atoms with Crippen LogP contribution in [0, 0.1) is 16.7 Å². The van der Waals surface area contributed by atoms with Crippen molar-refractivity contribution < 1.29 is 18.0 Å². The summed E-state index contributed by atoms with van der Waals surface area (Å²) in [5.41, 5.74) is 1.16. The number of carbonyl (C=O) groups is 1. The topological polar surface area (TPSA) is 56.1 Å². The quantitative estimate of drug-likeness (QED) is 0.901. The van der Waals surface area contributed by atoms with Gasteiger partial charge in [-0.15, -0.1) is 0 Å². The zero-order chi connectivity index (χ0) is 18.4. The summed E-state index contributed by atoms with van der Waals surface area (Å²) in [6.07, 6.45) is -4.65. The minimum Gasteiger partial charge on any atom is -0.287 e. The molecule has 4 nitrogen and oxygen atoms in total. The predicted molar refractivity (Wildman–Crippen MR) is 86.1 cm³/mol. The van der Waals surface area contributed by atoms with E-state index < -0.39 is 23.5 Å². The van der Waals surface area contributed by atoms with Crippen molar-refractivity contribution in [2.75, 3.05) is 6.54 Å². The normalized spacial score (nSPS) is 18.8. The maximum atomic E-state index is 13.9. The van der Waals surface area contributed by atoms with Crippen molar-refractivity contribution in [3.63, 3.8) is 0 Å². The highest BCUT2D eigenvalue weighted by atomic mass is 19.4. The standard InChI is InChI=1S/C18H16F3N3O/c1-17(2)10-24(23-16(17)25)15(18(19,20)21)14-8-12-6-4-3-5-11(12)7-13(14)9-22/h3-8,15H,10H2,1-2H3,(H,23,25)/t15-/m0/s1. The fourth-order valence-corrected chi connectivity index (χ4v) is 3.08. The molecule has 0 radical (unpaired) electrons. The van der Waals surface area contributed by atoms with Crippen molar-refractivity contribution in [3.05, 3.63) is 47.5 Å². The second kappa shape index (κ2) is 5.74. The summed E-state index contributed by atoms with van der Waals surface area (Å²) in [7, 11) is 0. The van der Waals surface area contributed by atoms with E-state index in [4.69, 9.17) is 0 Å². The average molecular weight is 347 g/mol. The second-order valence-electron chi connectivity index (χ2n) is 6.80. The van der Waals surface area contributed by atoms with Crippen molar-refractivity contribution in [1.82, 2.24) is 10.4 Å². The first-order valence-corrected chi connectivity index (χ1v) is 7.71. The summed E-state index contributed by atoms with van der Waals surface area (Å²) in [5.74, 6) is -0.471. The highest BCUT2D eigenvalue weighted by Gasteiger charge is 2.51. The smallest absolute Gasteiger partial charge is 0.287 e. The van der Waals surface area contributed by atoms with Gasteiger partial charge in [0.2, 0.25) is 5.91 Å². The summed E-state index contributed by atoms with van der Waals surface area (Å²) in [6, 6.07) is 9.51. The molecule has 1 heterocycles. The number of halogens is 3. The van der Waals surface area contributed by atoms with Crippen LogP contribution in [0.25, 0.3) is 10.8 Å². The lowest BCUT2D eigenvalue weighted by Gasteiger charge is -2.30. The van der Waals surface area contributed by atoms with E-state index in [2.05, 4.69) is 5.43 Å². The minimum absolute atomic E-state index is 0.0556. The first kappa shape index (κ1) is 17.2. The van der Waals surface area contributed by atoms with E-state index in [0.29, 0.717) is 10.8 Å². The summed E-state index contributed by atoms with van der Waals surface area (Å²) in [4.78, 5) is 12.0. The third-order valence-corrected chi connectivity index (χ3v) is 4.38. The third-order valence-electron chi connectivity index (χ3n) is 4.38. The number of fused-ring (bicyclic) bond motifs is 1. The lowest BCUT2D eigenvalue weighted by Crippen LogP contribution is -2.44. The van der Waals surface area contributed by atoms with Gasteiger partial charge in [-0.3, -0.25) is 10.2 Å². The first-order valence-electron chi connectivity index (χ1n) is 7.71. The first-order chi connectivity index (χ1) is 11.6. The van der Waals surface area contributed by atoms with E-state index in [-0.39, 0.29) is 17.7 Å². The van der Waals surface area contributed by atoms with Gasteiger partial charge in [-0.2, -0.15) is 18.4 Å². The molecule has 1 aliphatic heterocycles. The Bertz CT molecular complexity index is 883. The molecule has 0 aliphatic carbocycles. The molecule has 1 saturated heterocycles. The van der Waals surface area contributed by atoms with Crippen LogP contribution in [-0.2, 0) is 4.79 Å². The molecule has 0 unspecified atom stereocenters. The van der Waals surface area contributed by atoms with Crippen LogP contribution in [0.15, 0.2) is 36.4 Å². The molecule has 3 rings (SSSR count). The third kappa shape index (κ3) is 3.05. The van der Waals surface area contributed by atoms with E-state index in [9.17, 15) is 23.2 Å². The van der Waals surface area contributed by atoms with Crippen LogP contribution in [0.5, 0.6) is 0 Å². The zero-order valence-corrected chi connectivity index (χ0v) is 13.7. The van der Waals surface area contributed by atoms with Gasteiger partial charge in [0.1, 0.15) is 0 Å². The number of hydrogen-bond donors (Lipinski definition) is 1. The van der Waals surface area contributed by atoms with Crippen LogP contribution in [0.1, 0.15) is 31.0 Å². The van der Waals surface area contributed by atoms with Crippen LogP contribution >= 0.6 is 0 Å². The summed E-state index contributed by atoms with van der Waals surface area (Å²) in [6.45, 7) is 3.07. The van der Waals surface area contributed by atoms with Gasteiger partial charge in [-0.25, -0.2) is 5.01 Å². The molecular formula is C18H16F3N3O. The van der Waals surface area contributed by atoms with Crippen molar-refractivity contribution in [2.45, 2.75) is 26.1 Å². The zero-order valence-electron chi connectivity index (χ0n) is 13.7. The van der Waals surface area contributed by atoms with E-state index in [1.165, 1.54) is 12.1 Å². The Labute approximate surface area is 142 Å². The Kier molecular flexibility index (Phi) is 3.96. The van der Waals surface area contributed by atoms with Gasteiger partial charge in [0.05, 0.1) is 17.0 Å². The van der Waals surface area contributed by atoms with Gasteiger partial charge < -0.3 is 0 Å².